The Bertz CT molecular complexity index is 1630. The van der Waals surface area contributed by atoms with Crippen molar-refractivity contribution in [1.82, 2.24) is 0 Å². The van der Waals surface area contributed by atoms with Crippen LogP contribution in [-0.2, 0) is 9.84 Å². The summed E-state index contributed by atoms with van der Waals surface area (Å²) in [5.41, 5.74) is 1.63. The van der Waals surface area contributed by atoms with Crippen LogP contribution in [0.1, 0.15) is 51.9 Å². The molecule has 1 aliphatic carbocycles. The molecule has 0 aromatic heterocycles. The molecule has 0 spiro atoms. The molecule has 38 heavy (non-hydrogen) atoms. The molecule has 2 aromatic rings. The first kappa shape index (κ1) is 29.8. The average Bonchev–Trinajstić information content (AvgIpc) is 2.89. The number of fused-ring (bicyclic) bond motifs is 2. The Balaban J connectivity index is 1.90. The van der Waals surface area contributed by atoms with E-state index < -0.39 is 9.84 Å². The summed E-state index contributed by atoms with van der Waals surface area (Å²) in [5, 5.41) is 11.1. The normalized spacial score (nSPS) is 12.0. The van der Waals surface area contributed by atoms with Crippen LogP contribution in [0.25, 0.3) is 33.4 Å². The van der Waals surface area contributed by atoms with E-state index in [-0.39, 0.29) is 42.1 Å². The van der Waals surface area contributed by atoms with E-state index in [1.54, 1.807) is 36.4 Å². The predicted octanol–water partition coefficient (Wildman–Crippen LogP) is 9.84. The van der Waals surface area contributed by atoms with Crippen LogP contribution in [0.5, 0.6) is 5.75 Å². The van der Waals surface area contributed by atoms with Crippen molar-refractivity contribution in [2.24, 2.45) is 0 Å². The van der Waals surface area contributed by atoms with Crippen molar-refractivity contribution in [3.8, 4) is 28.2 Å². The summed E-state index contributed by atoms with van der Waals surface area (Å²) in [5.74, 6) is 0.237. The molecule has 4 rings (SSSR count). The van der Waals surface area contributed by atoms with Crippen LogP contribution in [0.15, 0.2) is 68.4 Å². The van der Waals surface area contributed by atoms with Crippen LogP contribution in [0.4, 0.5) is 0 Å². The van der Waals surface area contributed by atoms with Crippen molar-refractivity contribution in [2.75, 3.05) is 5.75 Å². The lowest BCUT2D eigenvalue weighted by atomic mass is 9.93. The number of hydrogen-bond donors (Lipinski definition) is 1. The zero-order chi connectivity index (χ0) is 27.6. The van der Waals surface area contributed by atoms with Gasteiger partial charge in [0.05, 0.1) is 19.6 Å². The Hall–Kier alpha value is -1.20. The zero-order valence-corrected chi connectivity index (χ0v) is 27.8. The van der Waals surface area contributed by atoms with Gasteiger partial charge in [0, 0.05) is 22.1 Å². The van der Waals surface area contributed by atoms with E-state index in [2.05, 4.69) is 70.6 Å². The first-order chi connectivity index (χ1) is 18.1. The molecule has 2 aliphatic rings. The fourth-order valence-electron chi connectivity index (χ4n) is 4.59. The number of halogens is 4. The standard InChI is InChI=1S/C28H26Br4O5S/c1-2-3-4-5-6-7-10-13-38(35,36)21-12-9-8-11-16(21)22-17-14-19(29)25(33)23(31)27(17)37-28-18(22)15-20(30)26(34)24(28)32/h8-9,11-12,14-15,33H,2-7,10,13H2,1H3. The highest BCUT2D eigenvalue weighted by Gasteiger charge is 2.28. The average molecular weight is 794 g/mol. The summed E-state index contributed by atoms with van der Waals surface area (Å²) in [7, 11) is -3.62. The van der Waals surface area contributed by atoms with Crippen molar-refractivity contribution in [3.63, 3.8) is 0 Å². The molecule has 1 heterocycles. The van der Waals surface area contributed by atoms with Gasteiger partial charge >= 0.3 is 0 Å². The van der Waals surface area contributed by atoms with Gasteiger partial charge in [-0.15, -0.1) is 0 Å². The van der Waals surface area contributed by atoms with Gasteiger partial charge in [-0.25, -0.2) is 8.42 Å². The number of rotatable bonds is 10. The minimum atomic E-state index is -3.62. The number of benzene rings is 3. The third-order valence-corrected chi connectivity index (χ3v) is 11.0. The van der Waals surface area contributed by atoms with Gasteiger partial charge in [0.1, 0.15) is 14.7 Å². The lowest BCUT2D eigenvalue weighted by Gasteiger charge is -2.20. The zero-order valence-electron chi connectivity index (χ0n) is 20.6. The number of sulfone groups is 1. The van der Waals surface area contributed by atoms with Gasteiger partial charge < -0.3 is 9.52 Å². The van der Waals surface area contributed by atoms with E-state index in [1.807, 2.05) is 0 Å². The summed E-state index contributed by atoms with van der Waals surface area (Å²) >= 11 is 13.5. The maximum atomic E-state index is 13.7. The van der Waals surface area contributed by atoms with Crippen LogP contribution >= 0.6 is 63.7 Å². The summed E-state index contributed by atoms with van der Waals surface area (Å²) < 4.78 is 34.7. The van der Waals surface area contributed by atoms with Crippen LogP contribution in [-0.4, -0.2) is 19.3 Å². The third-order valence-electron chi connectivity index (χ3n) is 6.53. The van der Waals surface area contributed by atoms with Crippen molar-refractivity contribution in [3.05, 3.63) is 64.5 Å². The topological polar surface area (TPSA) is 84.6 Å². The molecule has 0 unspecified atom stereocenters. The molecule has 0 amide bonds. The third kappa shape index (κ3) is 5.94. The molecule has 10 heteroatoms. The second-order valence-electron chi connectivity index (χ2n) is 9.19. The minimum absolute atomic E-state index is 0.0527. The molecule has 0 bridgehead atoms. The van der Waals surface area contributed by atoms with E-state index in [0.717, 1.165) is 19.3 Å². The highest BCUT2D eigenvalue weighted by atomic mass is 79.9. The largest absolute Gasteiger partial charge is 0.505 e. The van der Waals surface area contributed by atoms with Gasteiger partial charge in [-0.2, -0.15) is 0 Å². The maximum absolute atomic E-state index is 13.7. The van der Waals surface area contributed by atoms with Gasteiger partial charge in [-0.1, -0.05) is 63.6 Å². The molecule has 1 N–H and O–H groups in total. The van der Waals surface area contributed by atoms with Crippen LogP contribution in [0, 0.1) is 0 Å². The fraction of sp³-hybridized carbons (Fsp3) is 0.321. The second-order valence-corrected chi connectivity index (χ2v) is 14.6. The second kappa shape index (κ2) is 12.5. The van der Waals surface area contributed by atoms with E-state index in [4.69, 9.17) is 4.42 Å². The van der Waals surface area contributed by atoms with Gasteiger partial charge in [-0.3, -0.25) is 4.79 Å². The molecule has 0 fully saturated rings. The van der Waals surface area contributed by atoms with E-state index in [1.165, 1.54) is 19.3 Å². The van der Waals surface area contributed by atoms with Crippen molar-refractivity contribution in [1.29, 1.82) is 0 Å². The molecular weight excluding hydrogens is 768 g/mol. The number of phenolic OH excluding ortho intramolecular Hbond substituents is 1. The van der Waals surface area contributed by atoms with Crippen molar-refractivity contribution in [2.45, 2.75) is 56.8 Å². The predicted molar refractivity (Wildman–Crippen MR) is 167 cm³/mol. The summed E-state index contributed by atoms with van der Waals surface area (Å²) in [6.45, 7) is 2.17. The SMILES string of the molecule is CCCCCCCCCS(=O)(=O)c1ccccc1-c1c2cc(Br)c(=O)c(Br)c-2oc2c(Br)c(O)c(Br)cc12. The molecule has 0 radical (unpaired) electrons. The highest BCUT2D eigenvalue weighted by Crippen LogP contribution is 2.49. The van der Waals surface area contributed by atoms with Crippen molar-refractivity contribution >= 4 is 84.5 Å². The molecule has 2 aromatic carbocycles. The smallest absolute Gasteiger partial charge is 0.210 e. The van der Waals surface area contributed by atoms with E-state index in [9.17, 15) is 18.3 Å². The highest BCUT2D eigenvalue weighted by molar-refractivity contribution is 9.11. The first-order valence-electron chi connectivity index (χ1n) is 12.4. The molecule has 202 valence electrons. The summed E-state index contributed by atoms with van der Waals surface area (Å²) in [6.07, 6.45) is 7.18. The number of hydrogen-bond acceptors (Lipinski definition) is 5. The van der Waals surface area contributed by atoms with Gasteiger partial charge in [0.15, 0.2) is 21.2 Å². The lowest BCUT2D eigenvalue weighted by Crippen LogP contribution is -2.10. The summed E-state index contributed by atoms with van der Waals surface area (Å²) in [4.78, 5) is 12.9. The lowest BCUT2D eigenvalue weighted by molar-refractivity contribution is 0.467. The van der Waals surface area contributed by atoms with Gasteiger partial charge in [-0.05, 0) is 88.3 Å². The first-order valence-corrected chi connectivity index (χ1v) is 17.2. The van der Waals surface area contributed by atoms with Gasteiger partial charge in [0.2, 0.25) is 5.43 Å². The Morgan fingerprint density at radius 3 is 2.21 bits per heavy atom. The molecule has 0 saturated carbocycles. The molecule has 5 nitrogen and oxygen atoms in total. The Morgan fingerprint density at radius 2 is 1.50 bits per heavy atom. The molecule has 0 atom stereocenters. The summed E-state index contributed by atoms with van der Waals surface area (Å²) in [6, 6.07) is 10.3. The minimum Gasteiger partial charge on any atom is -0.505 e. The molecule has 0 saturated heterocycles. The molecule has 1 aliphatic heterocycles. The Kier molecular flexibility index (Phi) is 9.83. The fourth-order valence-corrected chi connectivity index (χ4v) is 8.58. The van der Waals surface area contributed by atoms with Gasteiger partial charge in [0.25, 0.3) is 0 Å². The van der Waals surface area contributed by atoms with Crippen LogP contribution < -0.4 is 5.43 Å². The van der Waals surface area contributed by atoms with E-state index in [0.29, 0.717) is 37.4 Å². The molecular formula is C28H26Br4O5S. The Morgan fingerprint density at radius 1 is 0.842 bits per heavy atom. The van der Waals surface area contributed by atoms with Crippen molar-refractivity contribution < 1.29 is 17.9 Å². The quantitative estimate of drug-likeness (QED) is 0.128. The van der Waals surface area contributed by atoms with Crippen LogP contribution in [0.3, 0.4) is 0 Å². The number of phenols is 1. The maximum Gasteiger partial charge on any atom is 0.210 e. The monoisotopic (exact) mass is 790 g/mol. The number of aromatic hydroxyl groups is 1. The Labute approximate surface area is 255 Å². The van der Waals surface area contributed by atoms with Crippen LogP contribution in [0.2, 0.25) is 0 Å². The number of unbranched alkanes of at least 4 members (excludes halogenated alkanes) is 6. The van der Waals surface area contributed by atoms with E-state index >= 15 is 0 Å².